The van der Waals surface area contributed by atoms with E-state index in [1.54, 1.807) is 0 Å². The normalized spacial score (nSPS) is 17.9. The van der Waals surface area contributed by atoms with Crippen molar-refractivity contribution in [3.05, 3.63) is 0 Å². The van der Waals surface area contributed by atoms with E-state index in [0.717, 1.165) is 31.9 Å². The molecule has 1 rings (SSSR count). The van der Waals surface area contributed by atoms with Crippen LogP contribution in [0.2, 0.25) is 0 Å². The molecule has 1 aliphatic heterocycles. The Morgan fingerprint density at radius 3 is 2.73 bits per heavy atom. The first kappa shape index (κ1) is 12.5. The lowest BCUT2D eigenvalue weighted by molar-refractivity contribution is 0.253. The van der Waals surface area contributed by atoms with Crippen LogP contribution in [0.3, 0.4) is 0 Å². The minimum atomic E-state index is 0.630. The molecule has 3 heteroatoms. The Kier molecular flexibility index (Phi) is 5.09. The van der Waals surface area contributed by atoms with Crippen molar-refractivity contribution in [1.29, 1.82) is 5.41 Å². The molecular weight excluding hydrogens is 186 g/mol. The van der Waals surface area contributed by atoms with Crippen molar-refractivity contribution in [2.24, 2.45) is 0 Å². The molecule has 1 fully saturated rings. The van der Waals surface area contributed by atoms with Gasteiger partial charge in [-0.25, -0.2) is 0 Å². The number of piperidine rings is 1. The molecule has 1 N–H and O–H groups in total. The molecule has 0 amide bonds. The van der Waals surface area contributed by atoms with E-state index in [1.807, 2.05) is 0 Å². The van der Waals surface area contributed by atoms with Gasteiger partial charge in [0, 0.05) is 25.6 Å². The van der Waals surface area contributed by atoms with Crippen LogP contribution in [0.1, 0.15) is 39.5 Å². The number of hydrogen-bond acceptors (Lipinski definition) is 2. The van der Waals surface area contributed by atoms with Crippen LogP contribution in [0.25, 0.3) is 0 Å². The summed E-state index contributed by atoms with van der Waals surface area (Å²) >= 11 is 0. The Morgan fingerprint density at radius 2 is 2.13 bits per heavy atom. The molecule has 0 aromatic heterocycles. The summed E-state index contributed by atoms with van der Waals surface area (Å²) in [7, 11) is 2.17. The Balaban J connectivity index is 2.16. The quantitative estimate of drug-likeness (QED) is 0.755. The first-order valence-electron chi connectivity index (χ1n) is 6.14. The van der Waals surface area contributed by atoms with Gasteiger partial charge in [0.05, 0.1) is 5.84 Å². The van der Waals surface area contributed by atoms with Crippen molar-refractivity contribution < 1.29 is 0 Å². The SMILES string of the molecule is CC(C)N(C)CCCN1CCCCC1=N. The Morgan fingerprint density at radius 1 is 1.40 bits per heavy atom. The second-order valence-corrected chi connectivity index (χ2v) is 4.82. The van der Waals surface area contributed by atoms with Gasteiger partial charge < -0.3 is 9.80 Å². The molecule has 0 aromatic rings. The van der Waals surface area contributed by atoms with Gasteiger partial charge in [-0.3, -0.25) is 5.41 Å². The van der Waals surface area contributed by atoms with Gasteiger partial charge in [0.15, 0.2) is 0 Å². The Labute approximate surface area is 94.0 Å². The summed E-state index contributed by atoms with van der Waals surface area (Å²) in [5, 5.41) is 7.83. The van der Waals surface area contributed by atoms with Crippen molar-refractivity contribution >= 4 is 5.84 Å². The fourth-order valence-corrected chi connectivity index (χ4v) is 1.90. The number of amidine groups is 1. The molecule has 0 saturated carbocycles. The van der Waals surface area contributed by atoms with Crippen molar-refractivity contribution in [1.82, 2.24) is 9.80 Å². The molecule has 3 nitrogen and oxygen atoms in total. The lowest BCUT2D eigenvalue weighted by atomic mass is 10.1. The molecule has 1 aliphatic rings. The van der Waals surface area contributed by atoms with Gasteiger partial charge in [0.2, 0.25) is 0 Å². The first-order valence-corrected chi connectivity index (χ1v) is 6.14. The van der Waals surface area contributed by atoms with Crippen molar-refractivity contribution in [2.75, 3.05) is 26.7 Å². The monoisotopic (exact) mass is 211 g/mol. The summed E-state index contributed by atoms with van der Waals surface area (Å²) in [6, 6.07) is 0.630. The zero-order valence-electron chi connectivity index (χ0n) is 10.4. The van der Waals surface area contributed by atoms with Crippen LogP contribution in [0.4, 0.5) is 0 Å². The second kappa shape index (κ2) is 6.11. The average Bonchev–Trinajstić information content (AvgIpc) is 2.20. The Hall–Kier alpha value is -0.570. The van der Waals surface area contributed by atoms with E-state index in [2.05, 4.69) is 30.7 Å². The number of hydrogen-bond donors (Lipinski definition) is 1. The topological polar surface area (TPSA) is 30.3 Å². The lowest BCUT2D eigenvalue weighted by Gasteiger charge is -2.30. The van der Waals surface area contributed by atoms with Crippen LogP contribution in [-0.2, 0) is 0 Å². The van der Waals surface area contributed by atoms with Gasteiger partial charge in [-0.15, -0.1) is 0 Å². The maximum absolute atomic E-state index is 7.83. The molecule has 0 aliphatic carbocycles. The van der Waals surface area contributed by atoms with E-state index >= 15 is 0 Å². The summed E-state index contributed by atoms with van der Waals surface area (Å²) < 4.78 is 0. The van der Waals surface area contributed by atoms with E-state index in [0.29, 0.717) is 6.04 Å². The summed E-state index contributed by atoms with van der Waals surface area (Å²) in [6.07, 6.45) is 4.64. The van der Waals surface area contributed by atoms with Gasteiger partial charge in [-0.1, -0.05) is 0 Å². The van der Waals surface area contributed by atoms with E-state index in [4.69, 9.17) is 5.41 Å². The molecule has 0 spiro atoms. The molecule has 0 aromatic carbocycles. The summed E-state index contributed by atoms with van der Waals surface area (Å²) in [4.78, 5) is 4.62. The molecule has 1 heterocycles. The largest absolute Gasteiger partial charge is 0.361 e. The summed E-state index contributed by atoms with van der Waals surface area (Å²) in [5.41, 5.74) is 0. The summed E-state index contributed by atoms with van der Waals surface area (Å²) in [6.45, 7) is 7.76. The molecule has 88 valence electrons. The van der Waals surface area contributed by atoms with Gasteiger partial charge in [0.1, 0.15) is 0 Å². The molecule has 1 saturated heterocycles. The van der Waals surface area contributed by atoms with Crippen LogP contribution in [0.5, 0.6) is 0 Å². The van der Waals surface area contributed by atoms with E-state index < -0.39 is 0 Å². The number of nitrogens with one attached hydrogen (secondary N) is 1. The van der Waals surface area contributed by atoms with Gasteiger partial charge >= 0.3 is 0 Å². The van der Waals surface area contributed by atoms with Crippen molar-refractivity contribution in [3.63, 3.8) is 0 Å². The number of rotatable bonds is 5. The average molecular weight is 211 g/mol. The minimum absolute atomic E-state index is 0.630. The third kappa shape index (κ3) is 4.20. The standard InChI is InChI=1S/C12H25N3/c1-11(2)14(3)8-6-10-15-9-5-4-7-12(15)13/h11,13H,4-10H2,1-3H3. The highest BCUT2D eigenvalue weighted by molar-refractivity contribution is 5.79. The van der Waals surface area contributed by atoms with Crippen molar-refractivity contribution in [2.45, 2.75) is 45.6 Å². The smallest absolute Gasteiger partial charge is 0.0957 e. The van der Waals surface area contributed by atoms with Gasteiger partial charge in [0.25, 0.3) is 0 Å². The predicted octanol–water partition coefficient (Wildman–Crippen LogP) is 2.18. The zero-order chi connectivity index (χ0) is 11.3. The molecule has 0 atom stereocenters. The molecule has 0 bridgehead atoms. The number of nitrogens with zero attached hydrogens (tertiary/aromatic N) is 2. The van der Waals surface area contributed by atoms with Gasteiger partial charge in [-0.2, -0.15) is 0 Å². The van der Waals surface area contributed by atoms with E-state index in [9.17, 15) is 0 Å². The highest BCUT2D eigenvalue weighted by atomic mass is 15.2. The highest BCUT2D eigenvalue weighted by Gasteiger charge is 2.14. The molecular formula is C12H25N3. The number of likely N-dealkylation sites (tertiary alicyclic amines) is 1. The maximum atomic E-state index is 7.83. The summed E-state index contributed by atoms with van der Waals surface area (Å²) in [5.74, 6) is 0.855. The second-order valence-electron chi connectivity index (χ2n) is 4.82. The van der Waals surface area contributed by atoms with Crippen LogP contribution >= 0.6 is 0 Å². The van der Waals surface area contributed by atoms with E-state index in [1.165, 1.54) is 19.3 Å². The Bertz CT molecular complexity index is 201. The maximum Gasteiger partial charge on any atom is 0.0957 e. The van der Waals surface area contributed by atoms with Crippen LogP contribution < -0.4 is 0 Å². The van der Waals surface area contributed by atoms with E-state index in [-0.39, 0.29) is 0 Å². The third-order valence-electron chi connectivity index (χ3n) is 3.29. The predicted molar refractivity (Wildman–Crippen MR) is 65.5 cm³/mol. The molecule has 15 heavy (non-hydrogen) atoms. The zero-order valence-corrected chi connectivity index (χ0v) is 10.4. The first-order chi connectivity index (χ1) is 7.11. The third-order valence-corrected chi connectivity index (χ3v) is 3.29. The molecule has 0 unspecified atom stereocenters. The highest BCUT2D eigenvalue weighted by Crippen LogP contribution is 2.11. The van der Waals surface area contributed by atoms with Crippen LogP contribution in [-0.4, -0.2) is 48.4 Å². The van der Waals surface area contributed by atoms with Crippen LogP contribution in [0.15, 0.2) is 0 Å². The minimum Gasteiger partial charge on any atom is -0.361 e. The van der Waals surface area contributed by atoms with Gasteiger partial charge in [-0.05, 0) is 46.7 Å². The fourth-order valence-electron chi connectivity index (χ4n) is 1.90. The van der Waals surface area contributed by atoms with Crippen LogP contribution in [0, 0.1) is 5.41 Å². The lowest BCUT2D eigenvalue weighted by Crippen LogP contribution is -2.37. The van der Waals surface area contributed by atoms with Crippen molar-refractivity contribution in [3.8, 4) is 0 Å². The molecule has 0 radical (unpaired) electrons. The fraction of sp³-hybridized carbons (Fsp3) is 0.917.